The van der Waals surface area contributed by atoms with E-state index in [-0.39, 0.29) is 18.2 Å². The van der Waals surface area contributed by atoms with Gasteiger partial charge in [0.25, 0.3) is 0 Å². The molecule has 1 fully saturated rings. The van der Waals surface area contributed by atoms with Crippen molar-refractivity contribution >= 4 is 23.2 Å². The van der Waals surface area contributed by atoms with Crippen molar-refractivity contribution in [3.05, 3.63) is 42.5 Å². The molecule has 1 aliphatic heterocycles. The van der Waals surface area contributed by atoms with Gasteiger partial charge in [-0.1, -0.05) is 0 Å². The van der Waals surface area contributed by atoms with Gasteiger partial charge in [-0.25, -0.2) is 0 Å². The molecule has 1 atom stereocenters. The summed E-state index contributed by atoms with van der Waals surface area (Å²) in [5.41, 5.74) is 1.27. The first kappa shape index (κ1) is 19.5. The number of benzene rings is 2. The maximum absolute atomic E-state index is 12.7. The van der Waals surface area contributed by atoms with Gasteiger partial charge in [0.1, 0.15) is 17.2 Å². The predicted octanol–water partition coefficient (Wildman–Crippen LogP) is 3.09. The second-order valence-corrected chi connectivity index (χ2v) is 6.39. The Bertz CT molecular complexity index is 850. The molecule has 7 nitrogen and oxygen atoms in total. The van der Waals surface area contributed by atoms with Crippen LogP contribution in [0.5, 0.6) is 17.2 Å². The number of rotatable bonds is 7. The van der Waals surface area contributed by atoms with Crippen LogP contribution in [0.15, 0.2) is 42.5 Å². The molecule has 1 heterocycles. The lowest BCUT2D eigenvalue weighted by Gasteiger charge is -2.18. The zero-order chi connectivity index (χ0) is 20.1. The smallest absolute Gasteiger partial charge is 0.229 e. The molecule has 1 aliphatic rings. The van der Waals surface area contributed by atoms with Crippen molar-refractivity contribution in [3.63, 3.8) is 0 Å². The lowest BCUT2D eigenvalue weighted by atomic mass is 10.1. The minimum Gasteiger partial charge on any atom is -0.497 e. The Kier molecular flexibility index (Phi) is 6.03. The maximum Gasteiger partial charge on any atom is 0.229 e. The summed E-state index contributed by atoms with van der Waals surface area (Å²) in [6, 6.07) is 12.5. The Labute approximate surface area is 164 Å². The summed E-state index contributed by atoms with van der Waals surface area (Å²) in [4.78, 5) is 26.8. The normalized spacial score (nSPS) is 16.0. The second-order valence-electron chi connectivity index (χ2n) is 6.39. The number of amides is 2. The van der Waals surface area contributed by atoms with Gasteiger partial charge >= 0.3 is 0 Å². The van der Waals surface area contributed by atoms with Crippen LogP contribution in [0.3, 0.4) is 0 Å². The molecule has 1 saturated heterocycles. The van der Waals surface area contributed by atoms with Crippen LogP contribution in [0.4, 0.5) is 11.4 Å². The Hall–Kier alpha value is -3.22. The van der Waals surface area contributed by atoms with Crippen molar-refractivity contribution in [1.82, 2.24) is 0 Å². The van der Waals surface area contributed by atoms with Gasteiger partial charge in [0.15, 0.2) is 0 Å². The number of anilines is 2. The topological polar surface area (TPSA) is 77.1 Å². The van der Waals surface area contributed by atoms with Gasteiger partial charge in [0.05, 0.1) is 32.4 Å². The zero-order valence-corrected chi connectivity index (χ0v) is 16.2. The van der Waals surface area contributed by atoms with E-state index in [1.54, 1.807) is 30.2 Å². The summed E-state index contributed by atoms with van der Waals surface area (Å²) < 4.78 is 15.9. The van der Waals surface area contributed by atoms with E-state index in [1.165, 1.54) is 7.11 Å². The summed E-state index contributed by atoms with van der Waals surface area (Å²) in [7, 11) is 3.09. The first-order chi connectivity index (χ1) is 13.5. The Morgan fingerprint density at radius 1 is 1.11 bits per heavy atom. The lowest BCUT2D eigenvalue weighted by Crippen LogP contribution is -2.28. The molecule has 148 valence electrons. The first-order valence-electron chi connectivity index (χ1n) is 9.11. The highest BCUT2D eigenvalue weighted by Gasteiger charge is 2.35. The molecule has 0 radical (unpaired) electrons. The SMILES string of the molecule is CCOc1ccc(N2C[C@H](C(=O)Nc3cc(OC)ccc3OC)CC2=O)cc1. The number of carbonyl (C=O) groups is 2. The monoisotopic (exact) mass is 384 g/mol. The van der Waals surface area contributed by atoms with E-state index in [0.717, 1.165) is 11.4 Å². The molecule has 0 spiro atoms. The van der Waals surface area contributed by atoms with Gasteiger partial charge in [0, 0.05) is 24.7 Å². The number of nitrogens with zero attached hydrogens (tertiary/aromatic N) is 1. The van der Waals surface area contributed by atoms with Gasteiger partial charge in [-0.15, -0.1) is 0 Å². The van der Waals surface area contributed by atoms with Gasteiger partial charge in [0.2, 0.25) is 11.8 Å². The molecular weight excluding hydrogens is 360 g/mol. The van der Waals surface area contributed by atoms with E-state index < -0.39 is 5.92 Å². The molecular formula is C21H24N2O5. The number of hydrogen-bond acceptors (Lipinski definition) is 5. The van der Waals surface area contributed by atoms with Crippen LogP contribution in [0.2, 0.25) is 0 Å². The molecule has 2 aromatic carbocycles. The minimum absolute atomic E-state index is 0.0816. The predicted molar refractivity (Wildman–Crippen MR) is 106 cm³/mol. The minimum atomic E-state index is -0.449. The van der Waals surface area contributed by atoms with E-state index >= 15 is 0 Å². The first-order valence-corrected chi connectivity index (χ1v) is 9.11. The molecule has 0 saturated carbocycles. The summed E-state index contributed by atoms with van der Waals surface area (Å²) in [5.74, 6) is 1.12. The fraction of sp³-hybridized carbons (Fsp3) is 0.333. The van der Waals surface area contributed by atoms with Gasteiger partial charge in [-0.2, -0.15) is 0 Å². The van der Waals surface area contributed by atoms with Crippen LogP contribution in [0.25, 0.3) is 0 Å². The van der Waals surface area contributed by atoms with E-state index in [1.807, 2.05) is 31.2 Å². The van der Waals surface area contributed by atoms with Crippen molar-refractivity contribution < 1.29 is 23.8 Å². The van der Waals surface area contributed by atoms with Crippen LogP contribution in [0.1, 0.15) is 13.3 Å². The number of methoxy groups -OCH3 is 2. The van der Waals surface area contributed by atoms with E-state index in [4.69, 9.17) is 14.2 Å². The second kappa shape index (κ2) is 8.65. The van der Waals surface area contributed by atoms with Crippen molar-refractivity contribution in [2.24, 2.45) is 5.92 Å². The molecule has 2 aromatic rings. The van der Waals surface area contributed by atoms with E-state index in [2.05, 4.69) is 5.32 Å². The molecule has 28 heavy (non-hydrogen) atoms. The lowest BCUT2D eigenvalue weighted by molar-refractivity contribution is -0.122. The van der Waals surface area contributed by atoms with Gasteiger partial charge < -0.3 is 24.4 Å². The average Bonchev–Trinajstić information content (AvgIpc) is 3.10. The Morgan fingerprint density at radius 3 is 2.46 bits per heavy atom. The highest BCUT2D eigenvalue weighted by Crippen LogP contribution is 2.31. The molecule has 0 aromatic heterocycles. The molecule has 3 rings (SSSR count). The third kappa shape index (κ3) is 4.19. The fourth-order valence-electron chi connectivity index (χ4n) is 3.17. The molecule has 0 aliphatic carbocycles. The van der Waals surface area contributed by atoms with Crippen molar-refractivity contribution in [3.8, 4) is 17.2 Å². The molecule has 0 bridgehead atoms. The Balaban J connectivity index is 1.70. The highest BCUT2D eigenvalue weighted by atomic mass is 16.5. The van der Waals surface area contributed by atoms with Crippen molar-refractivity contribution in [2.45, 2.75) is 13.3 Å². The highest BCUT2D eigenvalue weighted by molar-refractivity contribution is 6.04. The summed E-state index contributed by atoms with van der Waals surface area (Å²) >= 11 is 0. The number of ether oxygens (including phenoxy) is 3. The molecule has 7 heteroatoms. The van der Waals surface area contributed by atoms with Gasteiger partial charge in [-0.3, -0.25) is 9.59 Å². The number of nitrogens with one attached hydrogen (secondary N) is 1. The quantitative estimate of drug-likeness (QED) is 0.794. The van der Waals surface area contributed by atoms with Crippen molar-refractivity contribution in [1.29, 1.82) is 0 Å². The summed E-state index contributed by atoms with van der Waals surface area (Å²) in [5, 5.41) is 2.85. The zero-order valence-electron chi connectivity index (χ0n) is 16.2. The number of carbonyl (C=O) groups excluding carboxylic acids is 2. The fourth-order valence-corrected chi connectivity index (χ4v) is 3.17. The van der Waals surface area contributed by atoms with Crippen LogP contribution < -0.4 is 24.4 Å². The Morgan fingerprint density at radius 2 is 1.82 bits per heavy atom. The summed E-state index contributed by atoms with van der Waals surface area (Å²) in [6.07, 6.45) is 0.158. The standard InChI is InChI=1S/C21H24N2O5/c1-4-28-16-7-5-15(6-8-16)23-13-14(11-20(23)24)21(25)22-18-12-17(26-2)9-10-19(18)27-3/h5-10,12,14H,4,11,13H2,1-3H3,(H,22,25)/t14-/m1/s1. The van der Waals surface area contributed by atoms with E-state index in [9.17, 15) is 9.59 Å². The largest absolute Gasteiger partial charge is 0.497 e. The molecule has 1 N–H and O–H groups in total. The molecule has 0 unspecified atom stereocenters. The molecule has 2 amide bonds. The van der Waals surface area contributed by atoms with Crippen LogP contribution in [-0.2, 0) is 9.59 Å². The maximum atomic E-state index is 12.7. The van der Waals surface area contributed by atoms with Crippen LogP contribution in [-0.4, -0.2) is 39.2 Å². The van der Waals surface area contributed by atoms with Crippen LogP contribution in [0, 0.1) is 5.92 Å². The number of hydrogen-bond donors (Lipinski definition) is 1. The van der Waals surface area contributed by atoms with Gasteiger partial charge in [-0.05, 0) is 43.3 Å². The van der Waals surface area contributed by atoms with Crippen LogP contribution >= 0.6 is 0 Å². The third-order valence-corrected chi connectivity index (χ3v) is 4.62. The summed E-state index contributed by atoms with van der Waals surface area (Å²) in [6.45, 7) is 2.82. The van der Waals surface area contributed by atoms with E-state index in [0.29, 0.717) is 30.3 Å². The van der Waals surface area contributed by atoms with Crippen molar-refractivity contribution in [2.75, 3.05) is 37.6 Å². The average molecular weight is 384 g/mol. The third-order valence-electron chi connectivity index (χ3n) is 4.62.